The van der Waals surface area contributed by atoms with Gasteiger partial charge in [0.1, 0.15) is 5.65 Å². The SMILES string of the molecule is C=CCC(=N)NCCC(C=C)NCc1ccc(-n2cc3cc(-c4cc(CCC[C@H](C)N)cc(Cl)c4F)[nH]c3nc2=O)cc1. The molecule has 0 saturated heterocycles. The van der Waals surface area contributed by atoms with E-state index in [4.69, 9.17) is 22.7 Å². The Morgan fingerprint density at radius 3 is 2.67 bits per heavy atom. The molecule has 0 bridgehead atoms. The average Bonchev–Trinajstić information content (AvgIpc) is 3.39. The van der Waals surface area contributed by atoms with Crippen molar-refractivity contribution in [3.63, 3.8) is 0 Å². The van der Waals surface area contributed by atoms with Crippen LogP contribution in [0.1, 0.15) is 43.7 Å². The number of hydrogen-bond donors (Lipinski definition) is 5. The number of benzene rings is 2. The fraction of sp³-hybridized carbons (Fsp3) is 0.303. The van der Waals surface area contributed by atoms with Gasteiger partial charge in [-0.3, -0.25) is 9.98 Å². The van der Waals surface area contributed by atoms with E-state index >= 15 is 4.39 Å². The van der Waals surface area contributed by atoms with E-state index in [2.05, 4.69) is 33.8 Å². The summed E-state index contributed by atoms with van der Waals surface area (Å²) in [7, 11) is 0. The van der Waals surface area contributed by atoms with Crippen LogP contribution in [0.3, 0.4) is 0 Å². The predicted octanol–water partition coefficient (Wildman–Crippen LogP) is 6.02. The lowest BCUT2D eigenvalue weighted by atomic mass is 10.0. The summed E-state index contributed by atoms with van der Waals surface area (Å²) in [4.78, 5) is 20.2. The summed E-state index contributed by atoms with van der Waals surface area (Å²) in [5.74, 6) is -0.0765. The summed E-state index contributed by atoms with van der Waals surface area (Å²) < 4.78 is 16.6. The molecule has 2 aromatic heterocycles. The molecule has 4 aromatic rings. The van der Waals surface area contributed by atoms with Gasteiger partial charge in [-0.15, -0.1) is 13.2 Å². The summed E-state index contributed by atoms with van der Waals surface area (Å²) in [6, 6.07) is 13.0. The number of hydrogen-bond acceptors (Lipinski definition) is 5. The highest BCUT2D eigenvalue weighted by molar-refractivity contribution is 6.31. The van der Waals surface area contributed by atoms with Crippen LogP contribution in [-0.2, 0) is 13.0 Å². The number of nitrogens with zero attached hydrogens (tertiary/aromatic N) is 2. The second-order valence-electron chi connectivity index (χ2n) is 10.8. The molecule has 0 aliphatic carbocycles. The normalized spacial score (nSPS) is 12.7. The lowest BCUT2D eigenvalue weighted by Gasteiger charge is -2.16. The fourth-order valence-corrected chi connectivity index (χ4v) is 5.10. The summed E-state index contributed by atoms with van der Waals surface area (Å²) in [5, 5.41) is 15.0. The lowest BCUT2D eigenvalue weighted by Crippen LogP contribution is -2.32. The Hall–Kier alpha value is -4.05. The first kappa shape index (κ1) is 31.9. The van der Waals surface area contributed by atoms with Crippen LogP contribution in [-0.4, -0.2) is 39.0 Å². The molecule has 2 aromatic carbocycles. The molecule has 226 valence electrons. The minimum atomic E-state index is -0.522. The zero-order valence-corrected chi connectivity index (χ0v) is 25.2. The van der Waals surface area contributed by atoms with Gasteiger partial charge in [0.25, 0.3) is 0 Å². The Morgan fingerprint density at radius 2 is 1.98 bits per heavy atom. The first-order valence-corrected chi connectivity index (χ1v) is 14.8. The molecule has 10 heteroatoms. The van der Waals surface area contributed by atoms with Crippen molar-refractivity contribution in [1.29, 1.82) is 5.41 Å². The summed E-state index contributed by atoms with van der Waals surface area (Å²) in [5.41, 5.74) is 9.26. The Bertz CT molecular complexity index is 1640. The molecular formula is C33H39ClFN7O. The molecule has 0 saturated carbocycles. The largest absolute Gasteiger partial charge is 0.374 e. The predicted molar refractivity (Wildman–Crippen MR) is 175 cm³/mol. The number of amidine groups is 1. The molecule has 8 nitrogen and oxygen atoms in total. The van der Waals surface area contributed by atoms with Gasteiger partial charge in [-0.2, -0.15) is 4.98 Å². The number of rotatable bonds is 15. The zero-order chi connectivity index (χ0) is 30.9. The first-order chi connectivity index (χ1) is 20.7. The maximum Gasteiger partial charge on any atom is 0.354 e. The third-order valence-electron chi connectivity index (χ3n) is 7.22. The fourth-order valence-electron chi connectivity index (χ4n) is 4.86. The monoisotopic (exact) mass is 603 g/mol. The number of halogens is 2. The van der Waals surface area contributed by atoms with E-state index in [1.165, 1.54) is 4.57 Å². The Labute approximate surface area is 256 Å². The molecule has 1 unspecified atom stereocenters. The molecule has 0 fully saturated rings. The first-order valence-electron chi connectivity index (χ1n) is 14.4. The molecule has 43 heavy (non-hydrogen) atoms. The molecule has 4 rings (SSSR count). The molecule has 2 atom stereocenters. The molecule has 0 aliphatic rings. The minimum absolute atomic E-state index is 0.0502. The van der Waals surface area contributed by atoms with Crippen molar-refractivity contribution in [3.05, 3.63) is 106 Å². The van der Waals surface area contributed by atoms with Crippen molar-refractivity contribution < 1.29 is 4.39 Å². The number of nitrogens with two attached hydrogens (primary N) is 1. The Balaban J connectivity index is 1.47. The quantitative estimate of drug-likeness (QED) is 0.0645. The van der Waals surface area contributed by atoms with Crippen LogP contribution in [0.4, 0.5) is 4.39 Å². The van der Waals surface area contributed by atoms with E-state index in [-0.39, 0.29) is 17.1 Å². The lowest BCUT2D eigenvalue weighted by molar-refractivity contribution is 0.551. The highest BCUT2D eigenvalue weighted by atomic mass is 35.5. The Morgan fingerprint density at radius 1 is 1.21 bits per heavy atom. The summed E-state index contributed by atoms with van der Waals surface area (Å²) in [6.45, 7) is 10.8. The van der Waals surface area contributed by atoms with E-state index in [9.17, 15) is 4.79 Å². The standard InChI is InChI=1S/C33H39ClFN7O/c1-4-7-30(37)38-15-14-25(5-2)39-19-22-10-12-26(13-11-22)42-20-24-18-29(40-32(24)41-33(42)43)27-16-23(9-6-8-21(3)36)17-28(34)31(27)35/h4-5,10-13,16-18,20-21,25,39H,1-2,6-9,14-15,19,36H2,3H3,(H2,37,38)(H,40,41,43)/t21-,25?/m0/s1. The van der Waals surface area contributed by atoms with Crippen LogP contribution >= 0.6 is 11.6 Å². The van der Waals surface area contributed by atoms with Gasteiger partial charge in [-0.25, -0.2) is 9.18 Å². The van der Waals surface area contributed by atoms with Crippen molar-refractivity contribution in [2.45, 2.75) is 57.7 Å². The molecular weight excluding hydrogens is 565 g/mol. The maximum atomic E-state index is 15.1. The van der Waals surface area contributed by atoms with Crippen molar-refractivity contribution in [2.75, 3.05) is 6.54 Å². The van der Waals surface area contributed by atoms with Gasteiger partial charge >= 0.3 is 5.69 Å². The molecule has 6 N–H and O–H groups in total. The summed E-state index contributed by atoms with van der Waals surface area (Å²) in [6.07, 6.45) is 9.03. The van der Waals surface area contributed by atoms with Crippen molar-refractivity contribution >= 4 is 28.5 Å². The number of aromatic nitrogens is 3. The van der Waals surface area contributed by atoms with E-state index < -0.39 is 11.5 Å². The van der Waals surface area contributed by atoms with Crippen molar-refractivity contribution in [3.8, 4) is 16.9 Å². The van der Waals surface area contributed by atoms with Gasteiger partial charge in [0, 0.05) is 48.7 Å². The second-order valence-corrected chi connectivity index (χ2v) is 11.2. The smallest absolute Gasteiger partial charge is 0.354 e. The molecule has 2 heterocycles. The van der Waals surface area contributed by atoms with Gasteiger partial charge in [0.2, 0.25) is 0 Å². The van der Waals surface area contributed by atoms with Crippen LogP contribution in [0.5, 0.6) is 0 Å². The zero-order valence-electron chi connectivity index (χ0n) is 24.4. The van der Waals surface area contributed by atoms with E-state index in [0.29, 0.717) is 53.3 Å². The van der Waals surface area contributed by atoms with Crippen LogP contribution in [0.25, 0.3) is 28.0 Å². The van der Waals surface area contributed by atoms with Crippen LogP contribution in [0, 0.1) is 11.2 Å². The van der Waals surface area contributed by atoms with E-state index in [0.717, 1.165) is 36.8 Å². The van der Waals surface area contributed by atoms with Gasteiger partial charge in [-0.05, 0) is 74.1 Å². The van der Waals surface area contributed by atoms with Gasteiger partial charge in [-0.1, -0.05) is 35.9 Å². The number of fused-ring (bicyclic) bond motifs is 1. The number of aromatic amines is 1. The highest BCUT2D eigenvalue weighted by Gasteiger charge is 2.16. The third-order valence-corrected chi connectivity index (χ3v) is 7.50. The summed E-state index contributed by atoms with van der Waals surface area (Å²) >= 11 is 6.24. The third kappa shape index (κ3) is 8.50. The van der Waals surface area contributed by atoms with E-state index in [1.807, 2.05) is 37.3 Å². The van der Waals surface area contributed by atoms with E-state index in [1.54, 1.807) is 30.5 Å². The molecule has 0 spiro atoms. The van der Waals surface area contributed by atoms with Crippen molar-refractivity contribution in [2.24, 2.45) is 5.73 Å². The maximum absolute atomic E-state index is 15.1. The highest BCUT2D eigenvalue weighted by Crippen LogP contribution is 2.31. The van der Waals surface area contributed by atoms with Gasteiger partial charge in [0.15, 0.2) is 5.82 Å². The number of H-pyrrole nitrogens is 1. The molecule has 0 amide bonds. The van der Waals surface area contributed by atoms with Gasteiger partial charge < -0.3 is 21.4 Å². The van der Waals surface area contributed by atoms with Crippen LogP contribution < -0.4 is 22.1 Å². The van der Waals surface area contributed by atoms with Crippen LogP contribution in [0.15, 0.2) is 78.8 Å². The second kappa shape index (κ2) is 14.9. The van der Waals surface area contributed by atoms with Crippen LogP contribution in [0.2, 0.25) is 5.02 Å². The molecule has 0 aliphatic heterocycles. The molecule has 0 radical (unpaired) electrons. The van der Waals surface area contributed by atoms with Gasteiger partial charge in [0.05, 0.1) is 22.2 Å². The Kier molecular flexibility index (Phi) is 11.1. The van der Waals surface area contributed by atoms with Crippen molar-refractivity contribution in [1.82, 2.24) is 25.2 Å². The number of aryl methyl sites for hydroxylation is 1. The number of nitrogens with one attached hydrogen (secondary N) is 4. The minimum Gasteiger partial charge on any atom is -0.374 e. The average molecular weight is 604 g/mol. The topological polar surface area (TPSA) is 125 Å².